The van der Waals surface area contributed by atoms with Gasteiger partial charge in [-0.2, -0.15) is 43.9 Å². The van der Waals surface area contributed by atoms with Gasteiger partial charge in [-0.05, 0) is 121 Å². The molecule has 0 fully saturated rings. The van der Waals surface area contributed by atoms with E-state index in [-0.39, 0.29) is 83.9 Å². The number of phenolic OH excluding ortho intramolecular Hbond substituents is 2. The van der Waals surface area contributed by atoms with Crippen LogP contribution in [0.5, 0.6) is 11.5 Å². The molecule has 2 heterocycles. The van der Waals surface area contributed by atoms with Crippen LogP contribution in [0.4, 0.5) is 34.1 Å². The number of nitrogens with one attached hydrogen (secondary N) is 2. The summed E-state index contributed by atoms with van der Waals surface area (Å²) in [4.78, 5) is 30.6. The number of sulfone groups is 1. The van der Waals surface area contributed by atoms with E-state index in [2.05, 4.69) is 41.1 Å². The fraction of sp³-hybridized carbons (Fsp3) is 0. The van der Waals surface area contributed by atoms with Crippen LogP contribution in [-0.4, -0.2) is 92.3 Å². The minimum absolute atomic E-state index is 0. The SMILES string of the molecule is O=C(Nc1ccc(S(=O)(=O)c2ccc(NC(=O)c3ccc(N=Nc4cc(S(=O)(=O)O)c5cccnc5c4O)cc3S(=O)(=O)O)cc2)cc1)c1ccc(N=Nc2cc(S(=O)(=O)O)c3cccnc3c2O)cc1S(=O)(=O)O.[Na+]. The molecule has 8 rings (SSSR count). The van der Waals surface area contributed by atoms with Crippen LogP contribution in [-0.2, 0) is 50.3 Å². The van der Waals surface area contributed by atoms with Gasteiger partial charge in [-0.25, -0.2) is 8.42 Å². The number of pyridine rings is 2. The van der Waals surface area contributed by atoms with E-state index in [0.29, 0.717) is 0 Å². The van der Waals surface area contributed by atoms with Gasteiger partial charge in [0.25, 0.3) is 52.3 Å². The molecule has 0 spiro atoms. The normalized spacial score (nSPS) is 12.5. The number of amides is 2. The van der Waals surface area contributed by atoms with E-state index in [4.69, 9.17) is 0 Å². The predicted molar refractivity (Wildman–Crippen MR) is 262 cm³/mol. The number of phenols is 2. The number of nitrogens with zero attached hydrogens (tertiary/aromatic N) is 6. The standard InChI is InChI=1S/C44H30N8O18S5.Na/c53-41-33(21-37(74(65,66)67)29-3-1-17-45-39(29)41)51-49-25-9-15-31(35(19-25)72(59,60)61)43(55)47-23-5-11-27(12-6-23)71(57,58)28-13-7-24(8-14-28)48-44(56)32-16-10-26(20-36(32)73(62,63)64)50-52-34-22-38(75(68,69)70)30-4-2-18-46-40(30)42(34)54;/h1-22,53-54H,(H,47,55)(H,48,56)(H,59,60,61)(H,62,63,64)(H,65,66,67)(H,68,69,70);/q;+1. The molecular formula is C44H30N8NaO18S5+. The van der Waals surface area contributed by atoms with Crippen molar-refractivity contribution in [3.63, 3.8) is 0 Å². The number of benzene rings is 6. The zero-order chi connectivity index (χ0) is 54.4. The summed E-state index contributed by atoms with van der Waals surface area (Å²) in [5.74, 6) is -3.50. The second-order valence-corrected chi connectivity index (χ2v) is 22.9. The summed E-state index contributed by atoms with van der Waals surface area (Å²) in [6, 6.07) is 21.3. The molecule has 26 nitrogen and oxygen atoms in total. The van der Waals surface area contributed by atoms with Crippen LogP contribution in [0.15, 0.2) is 184 Å². The summed E-state index contributed by atoms with van der Waals surface area (Å²) >= 11 is 0. The second kappa shape index (κ2) is 21.2. The van der Waals surface area contributed by atoms with Gasteiger partial charge < -0.3 is 20.8 Å². The zero-order valence-corrected chi connectivity index (χ0v) is 44.1. The Morgan fingerprint density at radius 3 is 1.11 bits per heavy atom. The molecule has 0 aliphatic carbocycles. The van der Waals surface area contributed by atoms with Crippen LogP contribution in [0.2, 0.25) is 0 Å². The van der Waals surface area contributed by atoms with Crippen LogP contribution in [0.25, 0.3) is 21.8 Å². The molecule has 2 aromatic heterocycles. The first kappa shape index (κ1) is 56.2. The van der Waals surface area contributed by atoms with Crippen molar-refractivity contribution in [3.05, 3.63) is 145 Å². The molecule has 0 unspecified atom stereocenters. The molecule has 0 radical (unpaired) electrons. The Kier molecular flexibility index (Phi) is 15.7. The molecule has 0 atom stereocenters. The van der Waals surface area contributed by atoms with Gasteiger partial charge in [-0.3, -0.25) is 37.8 Å². The Labute approximate surface area is 451 Å². The Hall–Kier alpha value is -7.53. The number of anilines is 2. The summed E-state index contributed by atoms with van der Waals surface area (Å²) in [5.41, 5.74) is -3.51. The van der Waals surface area contributed by atoms with Crippen molar-refractivity contribution >= 4 is 118 Å². The van der Waals surface area contributed by atoms with E-state index in [1.165, 1.54) is 36.7 Å². The van der Waals surface area contributed by atoms with Crippen molar-refractivity contribution in [1.82, 2.24) is 9.97 Å². The van der Waals surface area contributed by atoms with Crippen molar-refractivity contribution in [2.75, 3.05) is 10.6 Å². The maximum absolute atomic E-state index is 13.6. The number of aromatic hydroxyl groups is 2. The van der Waals surface area contributed by atoms with Gasteiger partial charge in [0.2, 0.25) is 9.84 Å². The van der Waals surface area contributed by atoms with Crippen molar-refractivity contribution in [2.45, 2.75) is 29.4 Å². The number of carbonyl (C=O) groups excluding carboxylic acids is 2. The molecule has 2 amide bonds. The van der Waals surface area contributed by atoms with Gasteiger partial charge >= 0.3 is 29.6 Å². The Morgan fingerprint density at radius 2 is 0.776 bits per heavy atom. The van der Waals surface area contributed by atoms with E-state index >= 15 is 0 Å². The number of aromatic nitrogens is 2. The molecule has 0 saturated carbocycles. The second-order valence-electron chi connectivity index (χ2n) is 15.4. The van der Waals surface area contributed by atoms with Crippen molar-refractivity contribution in [2.24, 2.45) is 20.5 Å². The van der Waals surface area contributed by atoms with Gasteiger partial charge in [0, 0.05) is 34.5 Å². The third-order valence-corrected chi connectivity index (χ3v) is 15.9. The van der Waals surface area contributed by atoms with E-state index in [1.54, 1.807) is 0 Å². The summed E-state index contributed by atoms with van der Waals surface area (Å²) in [7, 11) is -24.3. The van der Waals surface area contributed by atoms with E-state index < -0.39 is 116 Å². The molecule has 6 aromatic carbocycles. The van der Waals surface area contributed by atoms with Crippen LogP contribution >= 0.6 is 0 Å². The number of hydrogen-bond donors (Lipinski definition) is 8. The van der Waals surface area contributed by atoms with Gasteiger partial charge in [0.05, 0.1) is 32.3 Å². The Balaban J connectivity index is 0.00000840. The molecule has 0 aliphatic heterocycles. The number of carbonyl (C=O) groups is 2. The van der Waals surface area contributed by atoms with Gasteiger partial charge in [0.15, 0.2) is 11.5 Å². The monoisotopic (exact) mass is 1140 g/mol. The molecule has 0 bridgehead atoms. The van der Waals surface area contributed by atoms with E-state index in [9.17, 15) is 80.1 Å². The van der Waals surface area contributed by atoms with E-state index in [1.807, 2.05) is 0 Å². The van der Waals surface area contributed by atoms with Crippen molar-refractivity contribution < 1.29 is 110 Å². The molecular weight excluding hydrogens is 1110 g/mol. The molecule has 0 aliphatic rings. The van der Waals surface area contributed by atoms with Crippen LogP contribution in [0.3, 0.4) is 0 Å². The first-order valence-corrected chi connectivity index (χ1v) is 27.7. The average molecular weight is 1140 g/mol. The maximum atomic E-state index is 13.6. The molecule has 8 N–H and O–H groups in total. The molecule has 76 heavy (non-hydrogen) atoms. The van der Waals surface area contributed by atoms with Crippen molar-refractivity contribution in [1.29, 1.82) is 0 Å². The first-order chi connectivity index (χ1) is 35.1. The fourth-order valence-corrected chi connectivity index (χ4v) is 11.2. The smallest absolute Gasteiger partial charge is 0.504 e. The third kappa shape index (κ3) is 11.9. The van der Waals surface area contributed by atoms with Gasteiger partial charge in [0.1, 0.15) is 42.0 Å². The largest absolute Gasteiger partial charge is 1.00 e. The number of hydrogen-bond acceptors (Lipinski definition) is 20. The molecule has 0 saturated heterocycles. The summed E-state index contributed by atoms with van der Waals surface area (Å²) in [5, 5.41) is 40.8. The minimum atomic E-state index is -5.15. The van der Waals surface area contributed by atoms with Gasteiger partial charge in [-0.1, -0.05) is 0 Å². The minimum Gasteiger partial charge on any atom is -0.504 e. The fourth-order valence-electron chi connectivity index (χ4n) is 7.09. The van der Waals surface area contributed by atoms with Crippen LogP contribution < -0.4 is 40.2 Å². The topological polar surface area (TPSA) is 426 Å². The van der Waals surface area contributed by atoms with E-state index in [0.717, 1.165) is 97.1 Å². The van der Waals surface area contributed by atoms with Crippen LogP contribution in [0.1, 0.15) is 20.7 Å². The Bertz CT molecular complexity index is 4100. The number of rotatable bonds is 14. The summed E-state index contributed by atoms with van der Waals surface area (Å²) in [6.45, 7) is 0. The van der Waals surface area contributed by atoms with Crippen molar-refractivity contribution in [3.8, 4) is 11.5 Å². The molecule has 8 aromatic rings. The zero-order valence-electron chi connectivity index (χ0n) is 38.0. The summed E-state index contributed by atoms with van der Waals surface area (Å²) in [6.07, 6.45) is 2.45. The number of fused-ring (bicyclic) bond motifs is 2. The average Bonchev–Trinajstić information content (AvgIpc) is 3.35. The summed E-state index contributed by atoms with van der Waals surface area (Å²) < 4.78 is 164. The molecule has 32 heteroatoms. The van der Waals surface area contributed by atoms with Gasteiger partial charge in [-0.15, -0.1) is 10.2 Å². The molecule has 384 valence electrons. The first-order valence-electron chi connectivity index (χ1n) is 20.4. The third-order valence-electron chi connectivity index (χ3n) is 10.5. The predicted octanol–water partition coefficient (Wildman–Crippen LogP) is 4.35. The van der Waals surface area contributed by atoms with Crippen LogP contribution in [0, 0.1) is 0 Å². The maximum Gasteiger partial charge on any atom is 1.00 e. The number of azo groups is 2. The quantitative estimate of drug-likeness (QED) is 0.0426. The Morgan fingerprint density at radius 1 is 0.434 bits per heavy atom.